The van der Waals surface area contributed by atoms with Crippen LogP contribution in [0, 0.1) is 21.8 Å². The van der Waals surface area contributed by atoms with Gasteiger partial charge in [-0.05, 0) is 30.5 Å². The third-order valence-corrected chi connectivity index (χ3v) is 3.72. The van der Waals surface area contributed by atoms with Crippen LogP contribution in [0.25, 0.3) is 0 Å². The number of hydrogen-bond donors (Lipinski definition) is 1. The van der Waals surface area contributed by atoms with Gasteiger partial charge in [0, 0.05) is 17.7 Å². The quantitative estimate of drug-likeness (QED) is 0.666. The van der Waals surface area contributed by atoms with Crippen LogP contribution in [0.2, 0.25) is 0 Å². The van der Waals surface area contributed by atoms with Crippen molar-refractivity contribution in [3.05, 3.63) is 57.8 Å². The van der Waals surface area contributed by atoms with Crippen molar-refractivity contribution in [1.29, 1.82) is 0 Å². The van der Waals surface area contributed by atoms with Gasteiger partial charge in [0.15, 0.2) is 0 Å². The molecule has 1 fully saturated rings. The molecule has 110 valence electrons. The molecule has 1 aliphatic carbocycles. The van der Waals surface area contributed by atoms with Crippen molar-refractivity contribution in [3.8, 4) is 0 Å². The van der Waals surface area contributed by atoms with Crippen molar-refractivity contribution in [2.75, 3.05) is 5.32 Å². The van der Waals surface area contributed by atoms with Crippen molar-refractivity contribution >= 4 is 11.4 Å². The van der Waals surface area contributed by atoms with Gasteiger partial charge in [-0.15, -0.1) is 0 Å². The van der Waals surface area contributed by atoms with E-state index in [-0.39, 0.29) is 5.69 Å². The minimum absolute atomic E-state index is 0.274. The van der Waals surface area contributed by atoms with Crippen LogP contribution in [0.1, 0.15) is 30.8 Å². The maximum Gasteiger partial charge on any atom is 0.274 e. The molecule has 2 aromatic rings. The molecular formula is C15H15FN2O3. The van der Waals surface area contributed by atoms with Crippen LogP contribution in [0.15, 0.2) is 34.7 Å². The lowest BCUT2D eigenvalue weighted by atomic mass is 10.2. The molecule has 1 aromatic heterocycles. The summed E-state index contributed by atoms with van der Waals surface area (Å²) in [6, 6.07) is 7.25. The predicted molar refractivity (Wildman–Crippen MR) is 75.6 cm³/mol. The number of halogens is 1. The summed E-state index contributed by atoms with van der Waals surface area (Å²) in [7, 11) is 0. The van der Waals surface area contributed by atoms with Crippen LogP contribution in [0.5, 0.6) is 0 Å². The highest BCUT2D eigenvalue weighted by atomic mass is 19.1. The first-order chi connectivity index (χ1) is 10.0. The molecule has 6 heteroatoms. The second-order valence-electron chi connectivity index (χ2n) is 5.43. The minimum atomic E-state index is -0.640. The molecule has 0 saturated heterocycles. The van der Waals surface area contributed by atoms with Gasteiger partial charge in [-0.1, -0.05) is 6.92 Å². The van der Waals surface area contributed by atoms with Crippen LogP contribution < -0.4 is 5.32 Å². The molecule has 1 heterocycles. The number of rotatable bonds is 5. The van der Waals surface area contributed by atoms with E-state index < -0.39 is 10.7 Å². The minimum Gasteiger partial charge on any atom is -0.464 e. The molecule has 0 bridgehead atoms. The molecule has 0 radical (unpaired) electrons. The summed E-state index contributed by atoms with van der Waals surface area (Å²) >= 11 is 0. The lowest BCUT2D eigenvalue weighted by Crippen LogP contribution is -2.00. The van der Waals surface area contributed by atoms with Crippen LogP contribution in [-0.2, 0) is 6.54 Å². The fraction of sp³-hybridized carbons (Fsp3) is 0.333. The Morgan fingerprint density at radius 1 is 1.43 bits per heavy atom. The van der Waals surface area contributed by atoms with Crippen molar-refractivity contribution in [3.63, 3.8) is 0 Å². The standard InChI is InChI=1S/C15H15FN2O3/c1-9-4-14(9)15-3-2-13(21-15)8-17-11-5-10(16)6-12(7-11)18(19)20/h2-3,5-7,9,14,17H,4,8H2,1H3. The fourth-order valence-electron chi connectivity index (χ4n) is 2.38. The van der Waals surface area contributed by atoms with Gasteiger partial charge in [0.2, 0.25) is 0 Å². The van der Waals surface area contributed by atoms with Crippen LogP contribution in [0.4, 0.5) is 15.8 Å². The number of furan rings is 1. The van der Waals surface area contributed by atoms with Crippen LogP contribution in [-0.4, -0.2) is 4.92 Å². The maximum atomic E-state index is 13.3. The van der Waals surface area contributed by atoms with E-state index >= 15 is 0 Å². The fourth-order valence-corrected chi connectivity index (χ4v) is 2.38. The summed E-state index contributed by atoms with van der Waals surface area (Å²) in [5.41, 5.74) is 0.0869. The number of hydrogen-bond acceptors (Lipinski definition) is 4. The van der Waals surface area contributed by atoms with E-state index in [4.69, 9.17) is 4.42 Å². The predicted octanol–water partition coefficient (Wildman–Crippen LogP) is 4.06. The van der Waals surface area contributed by atoms with Gasteiger partial charge in [0.1, 0.15) is 17.3 Å². The highest BCUT2D eigenvalue weighted by Crippen LogP contribution is 2.47. The summed E-state index contributed by atoms with van der Waals surface area (Å²) in [6.45, 7) is 2.54. The lowest BCUT2D eigenvalue weighted by molar-refractivity contribution is -0.385. The summed E-state index contributed by atoms with van der Waals surface area (Å²) in [5, 5.41) is 13.6. The topological polar surface area (TPSA) is 68.3 Å². The first-order valence-electron chi connectivity index (χ1n) is 6.80. The lowest BCUT2D eigenvalue weighted by Gasteiger charge is -2.04. The number of non-ortho nitro benzene ring substituents is 1. The number of nitrogens with one attached hydrogen (secondary N) is 1. The normalized spacial score (nSPS) is 20.3. The molecule has 3 rings (SSSR count). The average molecular weight is 290 g/mol. The number of nitro benzene ring substituents is 1. The molecule has 0 amide bonds. The van der Waals surface area contributed by atoms with E-state index in [0.717, 1.165) is 24.0 Å². The zero-order chi connectivity index (χ0) is 15.0. The van der Waals surface area contributed by atoms with Crippen molar-refractivity contribution < 1.29 is 13.7 Å². The molecule has 5 nitrogen and oxygen atoms in total. The van der Waals surface area contributed by atoms with Gasteiger partial charge in [0.05, 0.1) is 17.5 Å². The Hall–Kier alpha value is -2.37. The third kappa shape index (κ3) is 3.04. The average Bonchev–Trinajstić information content (AvgIpc) is 2.99. The van der Waals surface area contributed by atoms with Gasteiger partial charge >= 0.3 is 0 Å². The summed E-state index contributed by atoms with van der Waals surface area (Å²) in [6.07, 6.45) is 1.15. The second kappa shape index (κ2) is 5.20. The first-order valence-corrected chi connectivity index (χ1v) is 6.80. The summed E-state index contributed by atoms with van der Waals surface area (Å²) in [4.78, 5) is 10.1. The zero-order valence-electron chi connectivity index (χ0n) is 11.5. The Morgan fingerprint density at radius 3 is 2.86 bits per heavy atom. The van der Waals surface area contributed by atoms with Gasteiger partial charge in [0.25, 0.3) is 5.69 Å². The van der Waals surface area contributed by atoms with E-state index in [9.17, 15) is 14.5 Å². The third-order valence-electron chi connectivity index (χ3n) is 3.72. The van der Waals surface area contributed by atoms with Crippen molar-refractivity contribution in [1.82, 2.24) is 0 Å². The molecule has 2 atom stereocenters. The Balaban J connectivity index is 1.67. The Morgan fingerprint density at radius 2 is 2.19 bits per heavy atom. The SMILES string of the molecule is CC1CC1c1ccc(CNc2cc(F)cc([N+](=O)[O-])c2)o1. The highest BCUT2D eigenvalue weighted by Gasteiger charge is 2.36. The first kappa shape index (κ1) is 13.6. The number of nitrogens with zero attached hydrogens (tertiary/aromatic N) is 1. The number of anilines is 1. The molecule has 0 spiro atoms. The molecule has 1 aliphatic rings. The molecule has 0 aliphatic heterocycles. The molecule has 1 aromatic carbocycles. The van der Waals surface area contributed by atoms with Crippen molar-refractivity contribution in [2.45, 2.75) is 25.8 Å². The molecule has 2 unspecified atom stereocenters. The smallest absolute Gasteiger partial charge is 0.274 e. The largest absolute Gasteiger partial charge is 0.464 e. The Kier molecular flexibility index (Phi) is 3.37. The van der Waals surface area contributed by atoms with E-state index in [1.165, 1.54) is 12.1 Å². The maximum absolute atomic E-state index is 13.3. The van der Waals surface area contributed by atoms with Crippen LogP contribution in [0.3, 0.4) is 0 Å². The molecule has 1 saturated carbocycles. The number of nitro groups is 1. The van der Waals surface area contributed by atoms with Gasteiger partial charge in [-0.3, -0.25) is 10.1 Å². The molecule has 1 N–H and O–H groups in total. The van der Waals surface area contributed by atoms with Crippen molar-refractivity contribution in [2.24, 2.45) is 5.92 Å². The molecule has 21 heavy (non-hydrogen) atoms. The monoisotopic (exact) mass is 290 g/mol. The Bertz CT molecular complexity index is 683. The van der Waals surface area contributed by atoms with E-state index in [1.807, 2.05) is 12.1 Å². The van der Waals surface area contributed by atoms with Crippen LogP contribution >= 0.6 is 0 Å². The summed E-state index contributed by atoms with van der Waals surface area (Å²) < 4.78 is 19.0. The van der Waals surface area contributed by atoms with Gasteiger partial charge in [-0.25, -0.2) is 4.39 Å². The van der Waals surface area contributed by atoms with Gasteiger partial charge < -0.3 is 9.73 Å². The van der Waals surface area contributed by atoms with E-state index in [1.54, 1.807) is 0 Å². The Labute approximate surface area is 120 Å². The zero-order valence-corrected chi connectivity index (χ0v) is 11.5. The number of benzene rings is 1. The van der Waals surface area contributed by atoms with E-state index in [0.29, 0.717) is 24.1 Å². The summed E-state index contributed by atoms with van der Waals surface area (Å²) in [5.74, 6) is 2.25. The van der Waals surface area contributed by atoms with E-state index in [2.05, 4.69) is 12.2 Å². The molecular weight excluding hydrogens is 275 g/mol. The second-order valence-corrected chi connectivity index (χ2v) is 5.43. The van der Waals surface area contributed by atoms with Gasteiger partial charge in [-0.2, -0.15) is 0 Å². The highest BCUT2D eigenvalue weighted by molar-refractivity contribution is 5.51.